The molecule has 3 heterocycles. The van der Waals surface area contributed by atoms with E-state index in [1.165, 1.54) is 11.7 Å². The quantitative estimate of drug-likeness (QED) is 0.568. The van der Waals surface area contributed by atoms with Gasteiger partial charge in [0.25, 0.3) is 11.5 Å². The van der Waals surface area contributed by atoms with Gasteiger partial charge >= 0.3 is 0 Å². The van der Waals surface area contributed by atoms with Gasteiger partial charge in [-0.15, -0.1) is 0 Å². The van der Waals surface area contributed by atoms with Crippen molar-refractivity contribution in [1.82, 2.24) is 24.5 Å². The normalized spacial score (nSPS) is 11.6. The molecule has 152 valence electrons. The van der Waals surface area contributed by atoms with Crippen molar-refractivity contribution >= 4 is 22.5 Å². The number of amides is 1. The molecule has 1 amide bonds. The Hall–Kier alpha value is -3.81. The summed E-state index contributed by atoms with van der Waals surface area (Å²) in [5.74, 6) is 0.629. The van der Waals surface area contributed by atoms with Crippen LogP contribution in [0.25, 0.3) is 16.6 Å². The highest BCUT2D eigenvalue weighted by Gasteiger charge is 2.23. The molecular weight excluding hydrogens is 380 g/mol. The summed E-state index contributed by atoms with van der Waals surface area (Å²) >= 11 is 0. The number of benzene rings is 1. The average Bonchev–Trinajstić information content (AvgIpc) is 3.15. The lowest BCUT2D eigenvalue weighted by molar-refractivity contribution is 0.102. The van der Waals surface area contributed by atoms with Crippen LogP contribution < -0.4 is 10.9 Å². The highest BCUT2D eigenvalue weighted by molar-refractivity contribution is 6.10. The van der Waals surface area contributed by atoms with Crippen LogP contribution in [0.5, 0.6) is 0 Å². The molecule has 1 N–H and O–H groups in total. The van der Waals surface area contributed by atoms with Crippen molar-refractivity contribution in [3.8, 4) is 5.82 Å². The first-order valence-electron chi connectivity index (χ1n) is 9.55. The van der Waals surface area contributed by atoms with Crippen molar-refractivity contribution < 1.29 is 4.79 Å². The van der Waals surface area contributed by atoms with E-state index in [4.69, 9.17) is 0 Å². The van der Waals surface area contributed by atoms with Gasteiger partial charge in [0, 0.05) is 30.1 Å². The molecule has 4 rings (SSSR count). The summed E-state index contributed by atoms with van der Waals surface area (Å²) < 4.78 is 2.77. The molecule has 0 unspecified atom stereocenters. The maximum absolute atomic E-state index is 13.2. The number of fused-ring (bicyclic) bond motifs is 1. The lowest BCUT2D eigenvalue weighted by atomic mass is 9.92. The second kappa shape index (κ2) is 7.22. The van der Waals surface area contributed by atoms with Gasteiger partial charge in [0.1, 0.15) is 5.82 Å². The van der Waals surface area contributed by atoms with E-state index < -0.39 is 5.91 Å². The molecule has 0 aliphatic rings. The van der Waals surface area contributed by atoms with Gasteiger partial charge in [-0.3, -0.25) is 9.59 Å². The lowest BCUT2D eigenvalue weighted by Gasteiger charge is -2.13. The van der Waals surface area contributed by atoms with Gasteiger partial charge in [-0.05, 0) is 18.2 Å². The predicted octanol–water partition coefficient (Wildman–Crippen LogP) is 3.06. The Morgan fingerprint density at radius 2 is 1.70 bits per heavy atom. The Bertz CT molecular complexity index is 1300. The molecule has 8 heteroatoms. The monoisotopic (exact) mass is 402 g/mol. The molecule has 0 bridgehead atoms. The van der Waals surface area contributed by atoms with Crippen molar-refractivity contribution in [2.45, 2.75) is 26.2 Å². The molecule has 0 aliphatic carbocycles. The molecule has 0 saturated heterocycles. The van der Waals surface area contributed by atoms with Gasteiger partial charge < -0.3 is 5.32 Å². The first-order chi connectivity index (χ1) is 14.3. The molecule has 8 nitrogen and oxygen atoms in total. The summed E-state index contributed by atoms with van der Waals surface area (Å²) in [7, 11) is 1.53. The highest BCUT2D eigenvalue weighted by atomic mass is 16.2. The molecule has 0 aliphatic heterocycles. The number of nitrogens with one attached hydrogen (secondary N) is 1. The summed E-state index contributed by atoms with van der Waals surface area (Å²) in [4.78, 5) is 29.9. The third-order valence-corrected chi connectivity index (χ3v) is 4.76. The van der Waals surface area contributed by atoms with E-state index in [-0.39, 0.29) is 16.7 Å². The van der Waals surface area contributed by atoms with Crippen LogP contribution in [0.3, 0.4) is 0 Å². The van der Waals surface area contributed by atoms with Gasteiger partial charge in [-0.1, -0.05) is 45.0 Å². The fourth-order valence-electron chi connectivity index (χ4n) is 3.13. The summed E-state index contributed by atoms with van der Waals surface area (Å²) in [5.41, 5.74) is 0.498. The smallest absolute Gasteiger partial charge is 0.277 e. The van der Waals surface area contributed by atoms with Crippen molar-refractivity contribution in [2.75, 3.05) is 5.32 Å². The van der Waals surface area contributed by atoms with E-state index in [1.54, 1.807) is 35.1 Å². The Kier molecular flexibility index (Phi) is 4.69. The molecule has 0 radical (unpaired) electrons. The lowest BCUT2D eigenvalue weighted by Crippen LogP contribution is -2.26. The summed E-state index contributed by atoms with van der Waals surface area (Å²) in [5, 5.41) is 12.7. The van der Waals surface area contributed by atoms with Gasteiger partial charge in [0.15, 0.2) is 11.5 Å². The Morgan fingerprint density at radius 3 is 2.37 bits per heavy atom. The van der Waals surface area contributed by atoms with Crippen molar-refractivity contribution in [3.05, 3.63) is 76.5 Å². The fraction of sp³-hybridized carbons (Fsp3) is 0.227. The van der Waals surface area contributed by atoms with Crippen molar-refractivity contribution in [1.29, 1.82) is 0 Å². The van der Waals surface area contributed by atoms with Gasteiger partial charge in [-0.25, -0.2) is 9.67 Å². The van der Waals surface area contributed by atoms with E-state index in [0.717, 1.165) is 5.69 Å². The molecule has 4 aromatic rings. The minimum absolute atomic E-state index is 0.166. The maximum atomic E-state index is 13.2. The van der Waals surface area contributed by atoms with E-state index in [0.29, 0.717) is 22.4 Å². The summed E-state index contributed by atoms with van der Waals surface area (Å²) in [6.45, 7) is 6.14. The third-order valence-electron chi connectivity index (χ3n) is 4.76. The standard InChI is InChI=1S/C22H22N6O2/c1-22(2,3)16-13-18(28(25-16)17-11-7-8-12-23-17)24-20(29)19-14-9-5-6-10-15(14)21(30)27(4)26-19/h5-13H,1-4H3,(H,24,29). The van der Waals surface area contributed by atoms with Gasteiger partial charge in [0.2, 0.25) is 0 Å². The summed E-state index contributed by atoms with van der Waals surface area (Å²) in [6, 6.07) is 14.3. The highest BCUT2D eigenvalue weighted by Crippen LogP contribution is 2.26. The van der Waals surface area contributed by atoms with E-state index in [9.17, 15) is 9.59 Å². The number of carbonyl (C=O) groups is 1. The molecule has 0 fully saturated rings. The molecule has 3 aromatic heterocycles. The number of hydrogen-bond acceptors (Lipinski definition) is 5. The first-order valence-corrected chi connectivity index (χ1v) is 9.55. The van der Waals surface area contributed by atoms with Crippen LogP contribution in [0.15, 0.2) is 59.5 Å². The number of anilines is 1. The summed E-state index contributed by atoms with van der Waals surface area (Å²) in [6.07, 6.45) is 1.67. The largest absolute Gasteiger partial charge is 0.305 e. The Morgan fingerprint density at radius 1 is 1.00 bits per heavy atom. The van der Waals surface area contributed by atoms with Crippen LogP contribution in [-0.4, -0.2) is 30.5 Å². The fourth-order valence-corrected chi connectivity index (χ4v) is 3.13. The predicted molar refractivity (Wildman–Crippen MR) is 115 cm³/mol. The number of pyridine rings is 1. The van der Waals surface area contributed by atoms with Crippen LogP contribution >= 0.6 is 0 Å². The van der Waals surface area contributed by atoms with Gasteiger partial charge in [-0.2, -0.15) is 14.9 Å². The van der Waals surface area contributed by atoms with E-state index in [1.807, 2.05) is 45.0 Å². The Balaban J connectivity index is 1.81. The number of nitrogens with zero attached hydrogens (tertiary/aromatic N) is 5. The minimum Gasteiger partial charge on any atom is -0.305 e. The molecular formula is C22H22N6O2. The molecule has 30 heavy (non-hydrogen) atoms. The van der Waals surface area contributed by atoms with Crippen molar-refractivity contribution in [3.63, 3.8) is 0 Å². The average molecular weight is 402 g/mol. The number of aryl methyl sites for hydroxylation is 1. The Labute approximate surface area is 173 Å². The zero-order chi connectivity index (χ0) is 21.5. The van der Waals surface area contributed by atoms with Crippen molar-refractivity contribution in [2.24, 2.45) is 7.05 Å². The zero-order valence-electron chi connectivity index (χ0n) is 17.2. The first kappa shape index (κ1) is 19.5. The van der Waals surface area contributed by atoms with Crippen LogP contribution in [0.4, 0.5) is 5.82 Å². The van der Waals surface area contributed by atoms with Crippen LogP contribution in [0, 0.1) is 0 Å². The molecule has 0 spiro atoms. The van der Waals surface area contributed by atoms with Crippen LogP contribution in [-0.2, 0) is 12.5 Å². The zero-order valence-corrected chi connectivity index (χ0v) is 17.2. The minimum atomic E-state index is -0.431. The van der Waals surface area contributed by atoms with E-state index >= 15 is 0 Å². The van der Waals surface area contributed by atoms with Crippen LogP contribution in [0.2, 0.25) is 0 Å². The maximum Gasteiger partial charge on any atom is 0.277 e. The third kappa shape index (κ3) is 3.47. The molecule has 1 aromatic carbocycles. The SMILES string of the molecule is Cn1nc(C(=O)Nc2cc(C(C)(C)C)nn2-c2ccccn2)c2ccccc2c1=O. The van der Waals surface area contributed by atoms with Gasteiger partial charge in [0.05, 0.1) is 11.1 Å². The number of hydrogen-bond donors (Lipinski definition) is 1. The topological polar surface area (TPSA) is 94.7 Å². The number of aromatic nitrogens is 5. The molecule has 0 atom stereocenters. The number of rotatable bonds is 3. The number of carbonyl (C=O) groups excluding carboxylic acids is 1. The van der Waals surface area contributed by atoms with E-state index in [2.05, 4.69) is 20.5 Å². The second-order valence-electron chi connectivity index (χ2n) is 8.04. The van der Waals surface area contributed by atoms with Crippen LogP contribution in [0.1, 0.15) is 37.0 Å². The molecule has 0 saturated carbocycles. The second-order valence-corrected chi connectivity index (χ2v) is 8.04.